The Hall–Kier alpha value is -3.28. The largest absolute Gasteiger partial charge is 0.497 e. The first-order valence-corrected chi connectivity index (χ1v) is 8.39. The first-order chi connectivity index (χ1) is 12.7. The quantitative estimate of drug-likeness (QED) is 0.684. The van der Waals surface area contributed by atoms with Gasteiger partial charge in [-0.1, -0.05) is 12.1 Å². The Morgan fingerprint density at radius 3 is 2.42 bits per heavy atom. The third kappa shape index (κ3) is 4.22. The molecule has 0 fully saturated rings. The maximum Gasteiger partial charge on any atom is 0.269 e. The van der Waals surface area contributed by atoms with Gasteiger partial charge in [-0.15, -0.1) is 0 Å². The Labute approximate surface area is 152 Å². The molecule has 0 saturated heterocycles. The van der Waals surface area contributed by atoms with E-state index in [9.17, 15) is 4.79 Å². The van der Waals surface area contributed by atoms with Gasteiger partial charge in [0.2, 0.25) is 0 Å². The van der Waals surface area contributed by atoms with Crippen molar-refractivity contribution in [1.82, 2.24) is 15.5 Å². The maximum absolute atomic E-state index is 12.3. The number of hydrogen-bond acceptors (Lipinski definition) is 4. The zero-order valence-corrected chi connectivity index (χ0v) is 14.8. The molecule has 0 aliphatic heterocycles. The van der Waals surface area contributed by atoms with Crippen LogP contribution in [0.2, 0.25) is 0 Å². The van der Waals surface area contributed by atoms with Gasteiger partial charge in [-0.05, 0) is 55.0 Å². The number of nitrogens with one attached hydrogen (secondary N) is 2. The number of carbonyl (C=O) groups excluding carboxylic acids is 1. The molecule has 3 aromatic rings. The lowest BCUT2D eigenvalue weighted by atomic mass is 10.1. The molecule has 1 aromatic heterocycles. The topological polar surface area (TPSA) is 76.2 Å². The van der Waals surface area contributed by atoms with Crippen molar-refractivity contribution in [2.45, 2.75) is 13.5 Å². The van der Waals surface area contributed by atoms with Crippen molar-refractivity contribution in [3.8, 4) is 22.8 Å². The number of aromatic nitrogens is 2. The molecule has 26 heavy (non-hydrogen) atoms. The minimum absolute atomic E-state index is 0.203. The SMILES string of the molecule is CCOc1ccc(-c2cc(C(=O)NCc3ccc(OC)cc3)[nH]n2)cc1. The van der Waals surface area contributed by atoms with Crippen LogP contribution in [0.1, 0.15) is 23.0 Å². The van der Waals surface area contributed by atoms with E-state index in [0.29, 0.717) is 24.5 Å². The van der Waals surface area contributed by atoms with Crippen LogP contribution in [0.15, 0.2) is 54.6 Å². The zero-order valence-electron chi connectivity index (χ0n) is 14.8. The Kier molecular flexibility index (Phi) is 5.53. The summed E-state index contributed by atoms with van der Waals surface area (Å²) in [5, 5.41) is 9.88. The molecule has 0 saturated carbocycles. The number of hydrogen-bond donors (Lipinski definition) is 2. The summed E-state index contributed by atoms with van der Waals surface area (Å²) < 4.78 is 10.5. The van der Waals surface area contributed by atoms with Crippen LogP contribution < -0.4 is 14.8 Å². The fourth-order valence-corrected chi connectivity index (χ4v) is 2.50. The van der Waals surface area contributed by atoms with Crippen LogP contribution in [0.5, 0.6) is 11.5 Å². The average molecular weight is 351 g/mol. The molecule has 0 aliphatic rings. The first kappa shape index (κ1) is 17.5. The number of benzene rings is 2. The van der Waals surface area contributed by atoms with Crippen LogP contribution in [0.4, 0.5) is 0 Å². The molecular weight excluding hydrogens is 330 g/mol. The normalized spacial score (nSPS) is 10.4. The maximum atomic E-state index is 12.3. The second kappa shape index (κ2) is 8.20. The van der Waals surface area contributed by atoms with E-state index in [2.05, 4.69) is 15.5 Å². The van der Waals surface area contributed by atoms with Crippen molar-refractivity contribution >= 4 is 5.91 Å². The van der Waals surface area contributed by atoms with Gasteiger partial charge in [0, 0.05) is 12.1 Å². The van der Waals surface area contributed by atoms with Gasteiger partial charge in [0.1, 0.15) is 17.2 Å². The van der Waals surface area contributed by atoms with Gasteiger partial charge < -0.3 is 14.8 Å². The van der Waals surface area contributed by atoms with Crippen molar-refractivity contribution in [3.05, 3.63) is 65.9 Å². The van der Waals surface area contributed by atoms with Crippen molar-refractivity contribution in [2.24, 2.45) is 0 Å². The monoisotopic (exact) mass is 351 g/mol. The smallest absolute Gasteiger partial charge is 0.269 e. The Morgan fingerprint density at radius 2 is 1.77 bits per heavy atom. The molecule has 0 bridgehead atoms. The zero-order chi connectivity index (χ0) is 18.4. The Bertz CT molecular complexity index is 855. The summed E-state index contributed by atoms with van der Waals surface area (Å²) in [6.45, 7) is 3.00. The van der Waals surface area contributed by atoms with Crippen molar-refractivity contribution in [1.29, 1.82) is 0 Å². The van der Waals surface area contributed by atoms with Gasteiger partial charge in [-0.2, -0.15) is 5.10 Å². The summed E-state index contributed by atoms with van der Waals surface area (Å²) in [7, 11) is 1.62. The molecule has 0 aliphatic carbocycles. The van der Waals surface area contributed by atoms with E-state index in [1.165, 1.54) is 0 Å². The van der Waals surface area contributed by atoms with Crippen molar-refractivity contribution in [2.75, 3.05) is 13.7 Å². The van der Waals surface area contributed by atoms with Crippen LogP contribution in [0, 0.1) is 0 Å². The second-order valence-electron chi connectivity index (χ2n) is 5.66. The van der Waals surface area contributed by atoms with Gasteiger partial charge in [0.05, 0.1) is 19.4 Å². The van der Waals surface area contributed by atoms with Gasteiger partial charge in [-0.25, -0.2) is 0 Å². The summed E-state index contributed by atoms with van der Waals surface area (Å²) in [4.78, 5) is 12.3. The van der Waals surface area contributed by atoms with Crippen LogP contribution in [0.3, 0.4) is 0 Å². The van der Waals surface area contributed by atoms with Gasteiger partial charge in [0.25, 0.3) is 5.91 Å². The fourth-order valence-electron chi connectivity index (χ4n) is 2.50. The van der Waals surface area contributed by atoms with E-state index in [-0.39, 0.29) is 5.91 Å². The molecule has 3 rings (SSSR count). The number of H-pyrrole nitrogens is 1. The number of nitrogens with zero attached hydrogens (tertiary/aromatic N) is 1. The predicted octanol–water partition coefficient (Wildman–Crippen LogP) is 3.41. The average Bonchev–Trinajstić information content (AvgIpc) is 3.18. The first-order valence-electron chi connectivity index (χ1n) is 8.39. The minimum atomic E-state index is -0.203. The summed E-state index contributed by atoms with van der Waals surface area (Å²) in [6.07, 6.45) is 0. The predicted molar refractivity (Wildman–Crippen MR) is 99.4 cm³/mol. The highest BCUT2D eigenvalue weighted by atomic mass is 16.5. The highest BCUT2D eigenvalue weighted by Crippen LogP contribution is 2.21. The molecule has 0 atom stereocenters. The molecule has 0 spiro atoms. The van der Waals surface area contributed by atoms with Crippen molar-refractivity contribution < 1.29 is 14.3 Å². The lowest BCUT2D eigenvalue weighted by Gasteiger charge is -2.05. The molecule has 0 radical (unpaired) electrons. The van der Waals surface area contributed by atoms with E-state index in [0.717, 1.165) is 22.6 Å². The molecule has 6 nitrogen and oxygen atoms in total. The van der Waals surface area contributed by atoms with Gasteiger partial charge >= 0.3 is 0 Å². The van der Waals surface area contributed by atoms with Crippen LogP contribution in [-0.4, -0.2) is 29.8 Å². The number of ether oxygens (including phenoxy) is 2. The van der Waals surface area contributed by atoms with Crippen LogP contribution in [0.25, 0.3) is 11.3 Å². The van der Waals surface area contributed by atoms with Crippen molar-refractivity contribution in [3.63, 3.8) is 0 Å². The fraction of sp³-hybridized carbons (Fsp3) is 0.200. The molecule has 0 unspecified atom stereocenters. The Morgan fingerprint density at radius 1 is 1.08 bits per heavy atom. The highest BCUT2D eigenvalue weighted by molar-refractivity contribution is 5.93. The molecule has 2 N–H and O–H groups in total. The van der Waals surface area contributed by atoms with E-state index < -0.39 is 0 Å². The number of amides is 1. The lowest BCUT2D eigenvalue weighted by molar-refractivity contribution is 0.0946. The number of aromatic amines is 1. The summed E-state index contributed by atoms with van der Waals surface area (Å²) in [5.74, 6) is 1.39. The third-order valence-electron chi connectivity index (χ3n) is 3.90. The van der Waals surface area contributed by atoms with E-state index in [4.69, 9.17) is 9.47 Å². The number of methoxy groups -OCH3 is 1. The molecule has 2 aromatic carbocycles. The number of carbonyl (C=O) groups is 1. The highest BCUT2D eigenvalue weighted by Gasteiger charge is 2.11. The molecule has 1 heterocycles. The molecule has 1 amide bonds. The number of rotatable bonds is 7. The molecular formula is C20H21N3O3. The second-order valence-corrected chi connectivity index (χ2v) is 5.66. The van der Waals surface area contributed by atoms with E-state index in [1.54, 1.807) is 13.2 Å². The summed E-state index contributed by atoms with van der Waals surface area (Å²) >= 11 is 0. The summed E-state index contributed by atoms with van der Waals surface area (Å²) in [6, 6.07) is 16.9. The Balaban J connectivity index is 1.61. The summed E-state index contributed by atoms with van der Waals surface area (Å²) in [5.41, 5.74) is 3.04. The van der Waals surface area contributed by atoms with E-state index >= 15 is 0 Å². The van der Waals surface area contributed by atoms with Gasteiger partial charge in [0.15, 0.2) is 0 Å². The van der Waals surface area contributed by atoms with Crippen LogP contribution in [-0.2, 0) is 6.54 Å². The molecule has 6 heteroatoms. The van der Waals surface area contributed by atoms with E-state index in [1.807, 2.05) is 55.5 Å². The lowest BCUT2D eigenvalue weighted by Crippen LogP contribution is -2.23. The van der Waals surface area contributed by atoms with Crippen LogP contribution >= 0.6 is 0 Å². The molecule has 134 valence electrons. The van der Waals surface area contributed by atoms with Gasteiger partial charge in [-0.3, -0.25) is 9.89 Å². The minimum Gasteiger partial charge on any atom is -0.497 e. The standard InChI is InChI=1S/C20H21N3O3/c1-3-26-17-10-6-15(7-11-17)18-12-19(23-22-18)20(24)21-13-14-4-8-16(25-2)9-5-14/h4-12H,3,13H2,1-2H3,(H,21,24)(H,22,23). The third-order valence-corrected chi connectivity index (χ3v) is 3.90.